The number of β-lactam (4-membered cyclic amide) rings is 1. The van der Waals surface area contributed by atoms with Crippen LogP contribution in [0.3, 0.4) is 0 Å². The van der Waals surface area contributed by atoms with Crippen LogP contribution in [0.2, 0.25) is 0 Å². The van der Waals surface area contributed by atoms with Crippen LogP contribution >= 0.6 is 23.5 Å². The van der Waals surface area contributed by atoms with E-state index >= 15 is 0 Å². The standard InChI is InChI=1S/C20H20N6O9S3/c27-12(28)6-7-25-20(22-23-24-25)37-9-11-8-36-18-13(17(30)26(18)14(11)19(31)32)21-16(29)15(38(33,34)35)10-4-2-1-3-5-10/h1-5,13,15,18H,6-9H2,(H,21,29)(H,27,28)(H,31,32)(H,33,34,35)/t13?,15?,18-/m1/s1. The van der Waals surface area contributed by atoms with Gasteiger partial charge in [0.15, 0.2) is 5.25 Å². The number of aryl methyl sites for hydroxylation is 1. The van der Waals surface area contributed by atoms with E-state index in [0.717, 1.165) is 16.7 Å². The van der Waals surface area contributed by atoms with Gasteiger partial charge < -0.3 is 15.5 Å². The van der Waals surface area contributed by atoms with Crippen molar-refractivity contribution in [2.45, 2.75) is 34.8 Å². The predicted octanol–water partition coefficient (Wildman–Crippen LogP) is -0.392. The normalized spacial score (nSPS) is 19.9. The molecular weight excluding hydrogens is 564 g/mol. The number of carbonyl (C=O) groups is 4. The fraction of sp³-hybridized carbons (Fsp3) is 0.350. The van der Waals surface area contributed by atoms with Gasteiger partial charge in [-0.1, -0.05) is 42.1 Å². The summed E-state index contributed by atoms with van der Waals surface area (Å²) in [5.41, 5.74) is 0.119. The van der Waals surface area contributed by atoms with Gasteiger partial charge in [0, 0.05) is 11.5 Å². The van der Waals surface area contributed by atoms with Crippen molar-refractivity contribution in [3.8, 4) is 0 Å². The number of nitrogens with one attached hydrogen (secondary N) is 1. The third-order valence-corrected chi connectivity index (χ3v) is 9.06. The number of carboxylic acid groups (broad SMARTS) is 2. The SMILES string of the molecule is O=C(O)CCn1nnnc1SCC1=C(C(=O)O)N2C(=O)C(NC(=O)C(c3ccccc3)S(=O)(=O)O)[C@H]2SC1. The molecule has 0 bridgehead atoms. The number of thioether (sulfide) groups is 2. The molecule has 3 atom stereocenters. The number of aromatic nitrogens is 4. The highest BCUT2D eigenvalue weighted by atomic mass is 32.2. The second kappa shape index (κ2) is 11.1. The molecule has 38 heavy (non-hydrogen) atoms. The Hall–Kier alpha value is -3.48. The molecule has 202 valence electrons. The fourth-order valence-corrected chi connectivity index (χ4v) is 7.13. The Bertz CT molecular complexity index is 1410. The number of hydrogen-bond donors (Lipinski definition) is 4. The zero-order chi connectivity index (χ0) is 27.6. The van der Waals surface area contributed by atoms with Gasteiger partial charge in [-0.2, -0.15) is 8.42 Å². The lowest BCUT2D eigenvalue weighted by atomic mass is 10.0. The minimum absolute atomic E-state index is 0.00329. The van der Waals surface area contributed by atoms with E-state index in [1.807, 2.05) is 0 Å². The van der Waals surface area contributed by atoms with E-state index in [-0.39, 0.29) is 40.9 Å². The number of nitrogens with zero attached hydrogens (tertiary/aromatic N) is 5. The monoisotopic (exact) mass is 584 g/mol. The number of tetrazole rings is 1. The lowest BCUT2D eigenvalue weighted by molar-refractivity contribution is -0.150. The molecule has 18 heteroatoms. The van der Waals surface area contributed by atoms with Crippen molar-refractivity contribution in [2.75, 3.05) is 11.5 Å². The number of aliphatic carboxylic acids is 2. The van der Waals surface area contributed by atoms with Gasteiger partial charge in [0.25, 0.3) is 16.0 Å². The van der Waals surface area contributed by atoms with Crippen LogP contribution in [0.1, 0.15) is 17.2 Å². The molecule has 1 aromatic heterocycles. The summed E-state index contributed by atoms with van der Waals surface area (Å²) >= 11 is 2.25. The summed E-state index contributed by atoms with van der Waals surface area (Å²) in [7, 11) is -4.87. The third kappa shape index (κ3) is 5.66. The van der Waals surface area contributed by atoms with Gasteiger partial charge in [0.1, 0.15) is 17.1 Å². The molecule has 0 aliphatic carbocycles. The largest absolute Gasteiger partial charge is 0.481 e. The minimum Gasteiger partial charge on any atom is -0.481 e. The van der Waals surface area contributed by atoms with Crippen molar-refractivity contribution in [1.29, 1.82) is 0 Å². The average molecular weight is 585 g/mol. The summed E-state index contributed by atoms with van der Waals surface area (Å²) in [4.78, 5) is 49.7. The Labute approximate surface area is 223 Å². The topological polar surface area (TPSA) is 222 Å². The van der Waals surface area contributed by atoms with Gasteiger partial charge in [-0.3, -0.25) is 23.8 Å². The van der Waals surface area contributed by atoms with E-state index in [2.05, 4.69) is 20.8 Å². The second-order valence-corrected chi connectivity index (χ2v) is 11.6. The van der Waals surface area contributed by atoms with Crippen LogP contribution in [0.5, 0.6) is 0 Å². The van der Waals surface area contributed by atoms with E-state index in [0.29, 0.717) is 5.57 Å². The van der Waals surface area contributed by atoms with Crippen LogP contribution in [0.4, 0.5) is 0 Å². The lowest BCUT2D eigenvalue weighted by Gasteiger charge is -2.49. The van der Waals surface area contributed by atoms with Crippen molar-refractivity contribution in [3.63, 3.8) is 0 Å². The summed E-state index contributed by atoms with van der Waals surface area (Å²) < 4.78 is 34.8. The fourth-order valence-electron chi connectivity index (χ4n) is 3.90. The van der Waals surface area contributed by atoms with Crippen molar-refractivity contribution in [2.24, 2.45) is 0 Å². The Kier molecular flexibility index (Phi) is 8.05. The van der Waals surface area contributed by atoms with Crippen molar-refractivity contribution in [3.05, 3.63) is 47.2 Å². The average Bonchev–Trinajstić information content (AvgIpc) is 3.31. The summed E-state index contributed by atoms with van der Waals surface area (Å²) in [5, 5.41) is 29.6. The van der Waals surface area contributed by atoms with Crippen LogP contribution in [0.25, 0.3) is 0 Å². The first-order valence-electron chi connectivity index (χ1n) is 10.8. The number of fused-ring (bicyclic) bond motifs is 1. The lowest BCUT2D eigenvalue weighted by Crippen LogP contribution is -2.71. The summed E-state index contributed by atoms with van der Waals surface area (Å²) in [5.74, 6) is -4.00. The molecule has 2 unspecified atom stereocenters. The van der Waals surface area contributed by atoms with Crippen molar-refractivity contribution >= 4 is 57.4 Å². The maximum absolute atomic E-state index is 12.9. The Morgan fingerprint density at radius 3 is 2.55 bits per heavy atom. The van der Waals surface area contributed by atoms with E-state index in [9.17, 15) is 37.3 Å². The van der Waals surface area contributed by atoms with E-state index in [1.165, 1.54) is 40.7 Å². The highest BCUT2D eigenvalue weighted by Crippen LogP contribution is 2.41. The molecular formula is C20H20N6O9S3. The van der Waals surface area contributed by atoms with E-state index < -0.39 is 50.5 Å². The zero-order valence-corrected chi connectivity index (χ0v) is 21.6. The molecule has 0 radical (unpaired) electrons. The van der Waals surface area contributed by atoms with E-state index in [4.69, 9.17) is 5.11 Å². The molecule has 15 nitrogen and oxygen atoms in total. The van der Waals surface area contributed by atoms with Gasteiger partial charge >= 0.3 is 11.9 Å². The third-order valence-electron chi connectivity index (χ3n) is 5.60. The molecule has 1 saturated heterocycles. The minimum atomic E-state index is -4.87. The molecule has 3 heterocycles. The van der Waals surface area contributed by atoms with Crippen LogP contribution in [-0.2, 0) is 35.8 Å². The van der Waals surface area contributed by atoms with Crippen molar-refractivity contribution < 1.29 is 42.4 Å². The maximum atomic E-state index is 12.9. The van der Waals surface area contributed by atoms with Crippen LogP contribution in [0.15, 0.2) is 46.8 Å². The summed E-state index contributed by atoms with van der Waals surface area (Å²) in [6, 6.07) is 6.06. The first-order chi connectivity index (χ1) is 18.0. The Morgan fingerprint density at radius 2 is 1.92 bits per heavy atom. The molecule has 0 spiro atoms. The van der Waals surface area contributed by atoms with Crippen LogP contribution in [0, 0.1) is 0 Å². The molecule has 2 aromatic rings. The first kappa shape index (κ1) is 27.6. The van der Waals surface area contributed by atoms with E-state index in [1.54, 1.807) is 6.07 Å². The zero-order valence-electron chi connectivity index (χ0n) is 19.2. The highest BCUT2D eigenvalue weighted by Gasteiger charge is 2.55. The number of carbonyl (C=O) groups excluding carboxylic acids is 2. The molecule has 1 aromatic carbocycles. The predicted molar refractivity (Wildman–Crippen MR) is 131 cm³/mol. The molecule has 2 amide bonds. The van der Waals surface area contributed by atoms with Gasteiger partial charge in [-0.15, -0.1) is 16.9 Å². The second-order valence-electron chi connectivity index (χ2n) is 8.08. The molecule has 4 rings (SSSR count). The number of hydrogen-bond acceptors (Lipinski definition) is 11. The molecule has 2 aliphatic heterocycles. The maximum Gasteiger partial charge on any atom is 0.352 e. The smallest absolute Gasteiger partial charge is 0.352 e. The number of benzene rings is 1. The molecule has 4 N–H and O–H groups in total. The summed E-state index contributed by atoms with van der Waals surface area (Å²) in [6.45, 7) is 0.0197. The number of carboxylic acids is 2. The number of rotatable bonds is 11. The molecule has 2 aliphatic rings. The van der Waals surface area contributed by atoms with Gasteiger partial charge in [-0.05, 0) is 21.6 Å². The highest BCUT2D eigenvalue weighted by molar-refractivity contribution is 8.01. The van der Waals surface area contributed by atoms with Gasteiger partial charge in [0.2, 0.25) is 11.1 Å². The van der Waals surface area contributed by atoms with Gasteiger partial charge in [-0.25, -0.2) is 9.48 Å². The first-order valence-corrected chi connectivity index (χ1v) is 14.3. The van der Waals surface area contributed by atoms with Crippen molar-refractivity contribution in [1.82, 2.24) is 30.4 Å². The van der Waals surface area contributed by atoms with Crippen LogP contribution < -0.4 is 5.32 Å². The van der Waals surface area contributed by atoms with Gasteiger partial charge in [0.05, 0.1) is 13.0 Å². The molecule has 1 fully saturated rings. The molecule has 0 saturated carbocycles. The Morgan fingerprint density at radius 1 is 1.21 bits per heavy atom. The Balaban J connectivity index is 1.48. The van der Waals surface area contributed by atoms with Crippen LogP contribution in [-0.4, -0.2) is 95.0 Å². The number of amides is 2. The quantitative estimate of drug-likeness (QED) is 0.150. The summed E-state index contributed by atoms with van der Waals surface area (Å²) in [6.07, 6.45) is -0.211.